The van der Waals surface area contributed by atoms with Gasteiger partial charge in [0.1, 0.15) is 12.4 Å². The van der Waals surface area contributed by atoms with Crippen molar-refractivity contribution in [2.24, 2.45) is 5.89 Å². The first-order chi connectivity index (χ1) is 26.3. The average Bonchev–Trinajstić information content (AvgIpc) is 3.25. The van der Waals surface area contributed by atoms with Crippen molar-refractivity contribution in [1.29, 1.82) is 0 Å². The molecule has 11 heteroatoms. The number of carbonyl (C=O) groups is 1. The fourth-order valence-corrected chi connectivity index (χ4v) is 5.87. The van der Waals surface area contributed by atoms with Crippen molar-refractivity contribution >= 4 is 17.7 Å². The van der Waals surface area contributed by atoms with Crippen LogP contribution in [0.15, 0.2) is 82.7 Å². The van der Waals surface area contributed by atoms with Gasteiger partial charge in [0.25, 0.3) is 5.56 Å². The first-order valence-corrected chi connectivity index (χ1v) is 16.2. The maximum Gasteiger partial charge on any atom is 0.416 e. The third kappa shape index (κ3) is 8.73. The zero-order valence-corrected chi connectivity index (χ0v) is 27.3. The molecule has 1 amide bonds. The highest BCUT2D eigenvalue weighted by atomic mass is 32.2. The summed E-state index contributed by atoms with van der Waals surface area (Å²) in [5.41, 5.74) is -1.65. The van der Waals surface area contributed by atoms with E-state index in [-0.39, 0.29) is 29.6 Å². The van der Waals surface area contributed by atoms with E-state index in [1.807, 2.05) is 0 Å². The number of hydrogen-bond donors (Lipinski definition) is 0. The van der Waals surface area contributed by atoms with Crippen molar-refractivity contribution in [3.63, 3.8) is 0 Å². The summed E-state index contributed by atoms with van der Waals surface area (Å²) in [6, 6.07) is 15.8. The molecule has 3 aromatic carbocycles. The molecule has 1 atom stereocenters. The molecular formula is C37H40F4N4O2S. The van der Waals surface area contributed by atoms with E-state index in [9.17, 15) is 27.2 Å². The molecule has 0 aliphatic heterocycles. The number of thioether (sulfide) groups is 1. The van der Waals surface area contributed by atoms with Gasteiger partial charge in [-0.15, -0.1) is 0 Å². The van der Waals surface area contributed by atoms with Crippen molar-refractivity contribution in [3.8, 4) is 11.1 Å². The lowest BCUT2D eigenvalue weighted by Crippen LogP contribution is -2.40. The molecule has 1 aliphatic rings. The maximum absolute atomic E-state index is 14.7. The van der Waals surface area contributed by atoms with Gasteiger partial charge < -0.3 is 14.4 Å². The SMILES string of the molecule is [2H]C1([2H])c2c(n(CC(=O)N(Cc3ccc(-c4ccc(C(F)(F)F)cc4)cc3)C([2H])([2H])C([2H])([2H])N(CC)CC)c(SCc3ccc(F)cc3)nc2=O)C([2H])([2H])C1([2H])C. The molecule has 0 saturated carbocycles. The number of amides is 1. The van der Waals surface area contributed by atoms with Gasteiger partial charge in [-0.3, -0.25) is 9.59 Å². The maximum atomic E-state index is 14.7. The van der Waals surface area contributed by atoms with Gasteiger partial charge in [-0.1, -0.05) is 81.1 Å². The normalized spacial score (nSPS) is 21.4. The van der Waals surface area contributed by atoms with Crippen LogP contribution in [-0.4, -0.2) is 51.3 Å². The van der Waals surface area contributed by atoms with Crippen LogP contribution in [0.5, 0.6) is 0 Å². The number of likely N-dealkylation sites (N-methyl/N-ethyl adjacent to an activating group) is 1. The van der Waals surface area contributed by atoms with Crippen LogP contribution >= 0.6 is 11.8 Å². The number of benzene rings is 3. The summed E-state index contributed by atoms with van der Waals surface area (Å²) in [6.45, 7) is -3.16. The van der Waals surface area contributed by atoms with E-state index in [1.54, 1.807) is 26.0 Å². The molecule has 0 radical (unpaired) electrons. The molecule has 5 rings (SSSR count). The molecule has 1 heterocycles. The summed E-state index contributed by atoms with van der Waals surface area (Å²) in [5, 5.41) is -0.276. The number of nitrogens with zero attached hydrogens (tertiary/aromatic N) is 4. The Morgan fingerprint density at radius 1 is 0.979 bits per heavy atom. The summed E-state index contributed by atoms with van der Waals surface area (Å²) in [7, 11) is 0. The van der Waals surface area contributed by atoms with Crippen LogP contribution in [0.4, 0.5) is 17.6 Å². The highest BCUT2D eigenvalue weighted by molar-refractivity contribution is 7.98. The van der Waals surface area contributed by atoms with E-state index in [1.165, 1.54) is 53.4 Å². The lowest BCUT2D eigenvalue weighted by atomic mass is 10.0. The van der Waals surface area contributed by atoms with Crippen LogP contribution in [-0.2, 0) is 42.6 Å². The number of rotatable bonds is 13. The number of fused-ring (bicyclic) bond motifs is 1. The second kappa shape index (κ2) is 15.5. The van der Waals surface area contributed by atoms with E-state index in [2.05, 4.69) is 4.98 Å². The standard InChI is InChI=1S/C37H40F4N4O2S/c1-4-43(5-2)18-19-44(22-26-6-10-28(11-7-26)29-12-14-30(15-13-29)37(39,40)41)34(46)23-45-33-21-25(3)20-32(33)35(47)42-36(45)48-24-27-8-16-31(38)17-9-27/h6-17,25H,4-5,18-24H2,1-3H3/i18D2,19D2,20D2,21D2,25D. The van der Waals surface area contributed by atoms with E-state index >= 15 is 0 Å². The first-order valence-electron chi connectivity index (χ1n) is 19.7. The third-order valence-electron chi connectivity index (χ3n) is 7.59. The molecule has 1 aromatic heterocycles. The monoisotopic (exact) mass is 689 g/mol. The molecule has 0 N–H and O–H groups in total. The summed E-state index contributed by atoms with van der Waals surface area (Å²) in [5.74, 6) is -4.21. The Hall–Kier alpha value is -3.96. The van der Waals surface area contributed by atoms with Crippen LogP contribution in [0, 0.1) is 11.7 Å². The Morgan fingerprint density at radius 3 is 2.19 bits per heavy atom. The zero-order valence-electron chi connectivity index (χ0n) is 35.5. The van der Waals surface area contributed by atoms with Crippen LogP contribution < -0.4 is 5.56 Å². The van der Waals surface area contributed by atoms with E-state index in [0.717, 1.165) is 35.4 Å². The lowest BCUT2D eigenvalue weighted by Gasteiger charge is -2.28. The summed E-state index contributed by atoms with van der Waals surface area (Å²) >= 11 is 0.842. The second-order valence-electron chi connectivity index (χ2n) is 10.9. The molecule has 1 aliphatic carbocycles. The third-order valence-corrected chi connectivity index (χ3v) is 8.64. The quantitative estimate of drug-likeness (QED) is 0.0829. The van der Waals surface area contributed by atoms with Crippen molar-refractivity contribution in [2.75, 3.05) is 26.1 Å². The Bertz CT molecular complexity index is 2160. The van der Waals surface area contributed by atoms with Gasteiger partial charge in [0.05, 0.1) is 8.30 Å². The van der Waals surface area contributed by atoms with Crippen LogP contribution in [0.3, 0.4) is 0 Å². The minimum absolute atomic E-state index is 0.0219. The van der Waals surface area contributed by atoms with E-state index in [4.69, 9.17) is 12.3 Å². The molecule has 0 saturated heterocycles. The van der Waals surface area contributed by atoms with Crippen molar-refractivity contribution in [2.45, 2.75) is 63.7 Å². The van der Waals surface area contributed by atoms with Crippen LogP contribution in [0.25, 0.3) is 11.1 Å². The van der Waals surface area contributed by atoms with Crippen molar-refractivity contribution in [1.82, 2.24) is 19.4 Å². The minimum Gasteiger partial charge on any atom is -0.336 e. The Morgan fingerprint density at radius 2 is 1.58 bits per heavy atom. The molecule has 48 heavy (non-hydrogen) atoms. The van der Waals surface area contributed by atoms with Crippen LogP contribution in [0.1, 0.15) is 61.1 Å². The second-order valence-corrected chi connectivity index (χ2v) is 11.9. The Kier molecular flexibility index (Phi) is 8.10. The van der Waals surface area contributed by atoms with Crippen LogP contribution in [0.2, 0.25) is 0 Å². The lowest BCUT2D eigenvalue weighted by molar-refractivity contribution is -0.137. The average molecular weight is 690 g/mol. The number of aromatic nitrogens is 2. The van der Waals surface area contributed by atoms with Gasteiger partial charge in [0, 0.05) is 46.1 Å². The summed E-state index contributed by atoms with van der Waals surface area (Å²) in [4.78, 5) is 33.9. The fourth-order valence-electron chi connectivity index (χ4n) is 4.92. The molecule has 4 aromatic rings. The molecule has 6 nitrogen and oxygen atoms in total. The van der Waals surface area contributed by atoms with Gasteiger partial charge >= 0.3 is 6.18 Å². The molecule has 254 valence electrons. The summed E-state index contributed by atoms with van der Waals surface area (Å²) in [6.07, 6.45) is -10.3. The zero-order chi connectivity index (χ0) is 42.5. The highest BCUT2D eigenvalue weighted by Gasteiger charge is 2.30. The molecule has 0 fully saturated rings. The smallest absolute Gasteiger partial charge is 0.336 e. The predicted molar refractivity (Wildman–Crippen MR) is 181 cm³/mol. The fraction of sp³-hybridized carbons (Fsp3) is 0.378. The molecule has 0 spiro atoms. The Labute approximate surface area is 295 Å². The van der Waals surface area contributed by atoms with Gasteiger partial charge in [0.2, 0.25) is 5.91 Å². The summed E-state index contributed by atoms with van der Waals surface area (Å²) < 4.78 is 134. The van der Waals surface area contributed by atoms with Gasteiger partial charge in [-0.25, -0.2) is 4.39 Å². The number of alkyl halides is 3. The van der Waals surface area contributed by atoms with Gasteiger partial charge in [-0.05, 0) is 78.2 Å². The minimum atomic E-state index is -4.53. The number of carbonyl (C=O) groups excluding carboxylic acids is 1. The molecular weight excluding hydrogens is 640 g/mol. The van der Waals surface area contributed by atoms with Gasteiger partial charge in [-0.2, -0.15) is 18.2 Å². The highest BCUT2D eigenvalue weighted by Crippen LogP contribution is 2.32. The Balaban J connectivity index is 1.61. The number of hydrogen-bond acceptors (Lipinski definition) is 5. The number of halogens is 4. The molecule has 1 unspecified atom stereocenters. The van der Waals surface area contributed by atoms with Crippen molar-refractivity contribution in [3.05, 3.63) is 117 Å². The largest absolute Gasteiger partial charge is 0.416 e. The topological polar surface area (TPSA) is 58.4 Å². The van der Waals surface area contributed by atoms with E-state index in [0.29, 0.717) is 21.6 Å². The predicted octanol–water partition coefficient (Wildman–Crippen LogP) is 7.47. The first kappa shape index (κ1) is 25.1. The van der Waals surface area contributed by atoms with E-state index < -0.39 is 85.0 Å². The molecule has 0 bridgehead atoms. The van der Waals surface area contributed by atoms with Crippen molar-refractivity contribution < 1.29 is 34.7 Å². The van der Waals surface area contributed by atoms with Gasteiger partial charge in [0.15, 0.2) is 5.16 Å².